The van der Waals surface area contributed by atoms with Crippen molar-refractivity contribution in [1.82, 2.24) is 4.57 Å². The highest BCUT2D eigenvalue weighted by Crippen LogP contribution is 2.25. The lowest BCUT2D eigenvalue weighted by Crippen LogP contribution is -2.03. The number of aromatic carboxylic acids is 1. The molecule has 132 valence electrons. The van der Waals surface area contributed by atoms with E-state index in [-0.39, 0.29) is 16.3 Å². The smallest absolute Gasteiger partial charge is 0.337 e. The van der Waals surface area contributed by atoms with Crippen LogP contribution in [-0.4, -0.2) is 27.0 Å². The number of hydrogen-bond donors (Lipinski definition) is 2. The molecule has 5 nitrogen and oxygen atoms in total. The zero-order chi connectivity index (χ0) is 18.8. The van der Waals surface area contributed by atoms with Crippen molar-refractivity contribution in [1.29, 1.82) is 0 Å². The molecule has 0 saturated carbocycles. The van der Waals surface area contributed by atoms with Crippen LogP contribution in [0.3, 0.4) is 0 Å². The van der Waals surface area contributed by atoms with E-state index in [4.69, 9.17) is 11.6 Å². The summed E-state index contributed by atoms with van der Waals surface area (Å²) in [4.78, 5) is 15.7. The highest BCUT2D eigenvalue weighted by Gasteiger charge is 2.14. The van der Waals surface area contributed by atoms with E-state index in [1.807, 2.05) is 24.5 Å². The third-order valence-electron chi connectivity index (χ3n) is 4.09. The molecule has 0 spiro atoms. The lowest BCUT2D eigenvalue weighted by molar-refractivity contribution is 0.0697. The van der Waals surface area contributed by atoms with Gasteiger partial charge in [0.25, 0.3) is 0 Å². The summed E-state index contributed by atoms with van der Waals surface area (Å²) in [7, 11) is 0. The number of hydrogen-bond acceptors (Lipinski definition) is 3. The Bertz CT molecular complexity index is 1020. The summed E-state index contributed by atoms with van der Waals surface area (Å²) in [5.74, 6) is -0.905. The summed E-state index contributed by atoms with van der Waals surface area (Å²) in [5.41, 5.74) is 4.20. The van der Waals surface area contributed by atoms with E-state index in [0.29, 0.717) is 5.69 Å². The van der Waals surface area contributed by atoms with Gasteiger partial charge in [-0.25, -0.2) is 4.79 Å². The highest BCUT2D eigenvalue weighted by molar-refractivity contribution is 6.33. The molecule has 0 bridgehead atoms. The van der Waals surface area contributed by atoms with E-state index < -0.39 is 5.97 Å². The summed E-state index contributed by atoms with van der Waals surface area (Å²) in [6.07, 6.45) is 1.72. The van der Waals surface area contributed by atoms with Gasteiger partial charge in [-0.2, -0.15) is 0 Å². The predicted molar refractivity (Wildman–Crippen MR) is 103 cm³/mol. The van der Waals surface area contributed by atoms with Gasteiger partial charge in [0.1, 0.15) is 5.75 Å². The number of carbonyl (C=O) groups is 1. The zero-order valence-corrected chi connectivity index (χ0v) is 15.0. The van der Waals surface area contributed by atoms with Gasteiger partial charge in [-0.05, 0) is 50.2 Å². The highest BCUT2D eigenvalue weighted by atomic mass is 35.5. The van der Waals surface area contributed by atoms with Crippen molar-refractivity contribution in [2.24, 2.45) is 4.99 Å². The molecule has 0 amide bonds. The van der Waals surface area contributed by atoms with Crippen LogP contribution < -0.4 is 0 Å². The molecule has 0 aliphatic carbocycles. The van der Waals surface area contributed by atoms with E-state index >= 15 is 0 Å². The van der Waals surface area contributed by atoms with E-state index in [1.54, 1.807) is 48.7 Å². The van der Waals surface area contributed by atoms with Crippen molar-refractivity contribution in [2.75, 3.05) is 0 Å². The van der Waals surface area contributed by atoms with Crippen LogP contribution in [0.1, 0.15) is 27.3 Å². The van der Waals surface area contributed by atoms with Crippen LogP contribution in [-0.2, 0) is 0 Å². The summed E-state index contributed by atoms with van der Waals surface area (Å²) in [5, 5.41) is 19.0. The molecule has 3 rings (SSSR count). The number of benzene rings is 2. The number of rotatable bonds is 4. The maximum absolute atomic E-state index is 11.3. The van der Waals surface area contributed by atoms with Gasteiger partial charge in [-0.1, -0.05) is 17.7 Å². The number of carboxylic acid groups (broad SMARTS) is 1. The predicted octanol–water partition coefficient (Wildman–Crippen LogP) is 4.90. The number of nitrogens with zero attached hydrogens (tertiary/aromatic N) is 2. The number of aliphatic imine (C=N–C) groups is 1. The number of phenolic OH excluding ortho intramolecular Hbond substituents is 1. The molecule has 2 N–H and O–H groups in total. The fourth-order valence-corrected chi connectivity index (χ4v) is 3.05. The first-order valence-corrected chi connectivity index (χ1v) is 8.30. The minimum absolute atomic E-state index is 0.0617. The molecular weight excluding hydrogens is 352 g/mol. The van der Waals surface area contributed by atoms with Crippen molar-refractivity contribution in [3.63, 3.8) is 0 Å². The molecule has 2 aromatic carbocycles. The second kappa shape index (κ2) is 7.06. The third-order valence-corrected chi connectivity index (χ3v) is 4.42. The Labute approximate surface area is 155 Å². The number of carboxylic acids is 1. The minimum atomic E-state index is -1.06. The van der Waals surface area contributed by atoms with Crippen LogP contribution in [0.4, 0.5) is 5.69 Å². The molecule has 0 radical (unpaired) electrons. The first kappa shape index (κ1) is 17.8. The van der Waals surface area contributed by atoms with Crippen LogP contribution in [0.2, 0.25) is 5.02 Å². The van der Waals surface area contributed by atoms with Crippen LogP contribution >= 0.6 is 11.6 Å². The summed E-state index contributed by atoms with van der Waals surface area (Å²) >= 11 is 5.96. The third kappa shape index (κ3) is 3.48. The van der Waals surface area contributed by atoms with Gasteiger partial charge in [0.05, 0.1) is 16.3 Å². The summed E-state index contributed by atoms with van der Waals surface area (Å²) in [6, 6.07) is 13.6. The Balaban J connectivity index is 2.01. The molecule has 1 heterocycles. The average molecular weight is 369 g/mol. The number of halogens is 1. The Morgan fingerprint density at radius 3 is 2.62 bits per heavy atom. The second-order valence-corrected chi connectivity index (χ2v) is 6.32. The van der Waals surface area contributed by atoms with E-state index in [0.717, 1.165) is 22.6 Å². The molecule has 0 fully saturated rings. The maximum atomic E-state index is 11.3. The standard InChI is InChI=1S/C20H17ClN2O3/c1-12-8-14(11-22-15-4-3-5-17(24)9-15)13(2)23(12)16-6-7-19(21)18(10-16)20(25)26/h3-11,24H,1-2H3,(H,25,26). The zero-order valence-electron chi connectivity index (χ0n) is 14.3. The van der Waals surface area contributed by atoms with Gasteiger partial charge in [-0.3, -0.25) is 4.99 Å². The molecule has 0 saturated heterocycles. The molecule has 0 aliphatic rings. The maximum Gasteiger partial charge on any atom is 0.337 e. The first-order chi connectivity index (χ1) is 12.4. The van der Waals surface area contributed by atoms with Gasteiger partial charge >= 0.3 is 5.97 Å². The first-order valence-electron chi connectivity index (χ1n) is 7.92. The van der Waals surface area contributed by atoms with Crippen molar-refractivity contribution < 1.29 is 15.0 Å². The normalized spacial score (nSPS) is 11.2. The average Bonchev–Trinajstić information content (AvgIpc) is 2.87. The molecule has 26 heavy (non-hydrogen) atoms. The molecule has 0 atom stereocenters. The topological polar surface area (TPSA) is 74.8 Å². The quantitative estimate of drug-likeness (QED) is 0.643. The van der Waals surface area contributed by atoms with Crippen molar-refractivity contribution in [3.05, 3.63) is 76.1 Å². The number of aromatic nitrogens is 1. The molecule has 0 aliphatic heterocycles. The van der Waals surface area contributed by atoms with Crippen molar-refractivity contribution in [3.8, 4) is 11.4 Å². The molecule has 0 unspecified atom stereocenters. The Morgan fingerprint density at radius 1 is 1.15 bits per heavy atom. The Kier molecular flexibility index (Phi) is 4.82. The van der Waals surface area contributed by atoms with Crippen LogP contribution in [0.15, 0.2) is 53.5 Å². The van der Waals surface area contributed by atoms with Gasteiger partial charge in [-0.15, -0.1) is 0 Å². The Hall–Kier alpha value is -3.05. The molecule has 6 heteroatoms. The van der Waals surface area contributed by atoms with Gasteiger partial charge in [0.2, 0.25) is 0 Å². The molecular formula is C20H17ClN2O3. The fraction of sp³-hybridized carbons (Fsp3) is 0.100. The van der Waals surface area contributed by atoms with E-state index in [1.165, 1.54) is 0 Å². The summed E-state index contributed by atoms with van der Waals surface area (Å²) < 4.78 is 1.95. The van der Waals surface area contributed by atoms with Gasteiger partial charge < -0.3 is 14.8 Å². The van der Waals surface area contributed by atoms with Gasteiger partial charge in [0, 0.05) is 34.9 Å². The lowest BCUT2D eigenvalue weighted by Gasteiger charge is -2.11. The number of aromatic hydroxyl groups is 1. The SMILES string of the molecule is Cc1cc(C=Nc2cccc(O)c2)c(C)n1-c1ccc(Cl)c(C(=O)O)c1. The van der Waals surface area contributed by atoms with Crippen LogP contribution in [0, 0.1) is 13.8 Å². The van der Waals surface area contributed by atoms with E-state index in [2.05, 4.69) is 4.99 Å². The van der Waals surface area contributed by atoms with Crippen LogP contribution in [0.25, 0.3) is 5.69 Å². The van der Waals surface area contributed by atoms with E-state index in [9.17, 15) is 15.0 Å². The van der Waals surface area contributed by atoms with Crippen LogP contribution in [0.5, 0.6) is 5.75 Å². The van der Waals surface area contributed by atoms with Crippen molar-refractivity contribution >= 4 is 29.5 Å². The molecule has 1 aromatic heterocycles. The Morgan fingerprint density at radius 2 is 1.92 bits per heavy atom. The van der Waals surface area contributed by atoms with Gasteiger partial charge in [0.15, 0.2) is 0 Å². The number of phenols is 1. The second-order valence-electron chi connectivity index (χ2n) is 5.91. The minimum Gasteiger partial charge on any atom is -0.508 e. The lowest BCUT2D eigenvalue weighted by atomic mass is 10.2. The summed E-state index contributed by atoms with van der Waals surface area (Å²) in [6.45, 7) is 3.87. The van der Waals surface area contributed by atoms with Crippen molar-refractivity contribution in [2.45, 2.75) is 13.8 Å². The fourth-order valence-electron chi connectivity index (χ4n) is 2.85. The monoisotopic (exact) mass is 368 g/mol. The largest absolute Gasteiger partial charge is 0.508 e. The molecule has 3 aromatic rings. The number of aryl methyl sites for hydroxylation is 1.